The number of rotatable bonds is 4. The zero-order valence-electron chi connectivity index (χ0n) is 12.2. The topological polar surface area (TPSA) is 57.7 Å². The molecule has 3 rings (SSSR count). The minimum absolute atomic E-state index is 0.0413. The quantitative estimate of drug-likeness (QED) is 0.851. The summed E-state index contributed by atoms with van der Waals surface area (Å²) in [6.45, 7) is 1.28. The van der Waals surface area contributed by atoms with Crippen molar-refractivity contribution in [3.8, 4) is 0 Å². The van der Waals surface area contributed by atoms with Crippen LogP contribution in [-0.4, -0.2) is 45.1 Å². The maximum Gasteiger partial charge on any atom is 0.253 e. The Morgan fingerprint density at radius 2 is 2.14 bits per heavy atom. The van der Waals surface area contributed by atoms with E-state index >= 15 is 0 Å². The predicted octanol–water partition coefficient (Wildman–Crippen LogP) is 1.71. The second-order valence-electron chi connectivity index (χ2n) is 5.92. The molecule has 0 N–H and O–H groups in total. The smallest absolute Gasteiger partial charge is 0.253 e. The van der Waals surface area contributed by atoms with Crippen molar-refractivity contribution in [2.75, 3.05) is 30.2 Å². The van der Waals surface area contributed by atoms with Gasteiger partial charge in [0.2, 0.25) is 10.0 Å². The van der Waals surface area contributed by atoms with Gasteiger partial charge in [0, 0.05) is 25.7 Å². The first kappa shape index (κ1) is 14.4. The normalized spacial score (nSPS) is 20.5. The summed E-state index contributed by atoms with van der Waals surface area (Å²) in [5, 5.41) is 0. The molecule has 1 saturated carbocycles. The van der Waals surface area contributed by atoms with Crippen LogP contribution in [0.1, 0.15) is 29.6 Å². The van der Waals surface area contributed by atoms with Gasteiger partial charge in [0.15, 0.2) is 0 Å². The van der Waals surface area contributed by atoms with Crippen molar-refractivity contribution < 1.29 is 13.2 Å². The summed E-state index contributed by atoms with van der Waals surface area (Å²) in [7, 11) is -1.40. The molecule has 1 aliphatic heterocycles. The summed E-state index contributed by atoms with van der Waals surface area (Å²) in [5.41, 5.74) is 1.15. The first-order valence-electron chi connectivity index (χ1n) is 7.33. The van der Waals surface area contributed by atoms with Crippen molar-refractivity contribution in [2.24, 2.45) is 5.92 Å². The van der Waals surface area contributed by atoms with E-state index in [0.717, 1.165) is 6.54 Å². The van der Waals surface area contributed by atoms with Crippen LogP contribution < -0.4 is 4.31 Å². The van der Waals surface area contributed by atoms with Gasteiger partial charge in [-0.05, 0) is 43.4 Å². The Labute approximate surface area is 125 Å². The van der Waals surface area contributed by atoms with Gasteiger partial charge < -0.3 is 4.90 Å². The number of hydrogen-bond acceptors (Lipinski definition) is 3. The minimum atomic E-state index is -3.20. The molecule has 5 nitrogen and oxygen atoms in total. The van der Waals surface area contributed by atoms with Crippen LogP contribution in [0.5, 0.6) is 0 Å². The van der Waals surface area contributed by atoms with E-state index in [1.807, 2.05) is 0 Å². The van der Waals surface area contributed by atoms with Crippen LogP contribution >= 0.6 is 0 Å². The first-order valence-corrected chi connectivity index (χ1v) is 8.94. The second-order valence-corrected chi connectivity index (χ2v) is 7.93. The summed E-state index contributed by atoms with van der Waals surface area (Å²) in [5.74, 6) is 0.786. The van der Waals surface area contributed by atoms with Gasteiger partial charge in [-0.2, -0.15) is 0 Å². The van der Waals surface area contributed by atoms with Gasteiger partial charge in [-0.25, -0.2) is 8.42 Å². The maximum absolute atomic E-state index is 12.4. The molecule has 2 aliphatic rings. The average Bonchev–Trinajstić information content (AvgIpc) is 3.19. The van der Waals surface area contributed by atoms with Crippen molar-refractivity contribution in [3.63, 3.8) is 0 Å². The van der Waals surface area contributed by atoms with E-state index < -0.39 is 10.0 Å². The maximum atomic E-state index is 12.4. The van der Waals surface area contributed by atoms with Crippen molar-refractivity contribution in [3.05, 3.63) is 29.8 Å². The molecule has 114 valence electrons. The van der Waals surface area contributed by atoms with Crippen molar-refractivity contribution >= 4 is 21.6 Å². The fraction of sp³-hybridized carbons (Fsp3) is 0.533. The molecule has 1 aromatic carbocycles. The van der Waals surface area contributed by atoms with E-state index in [4.69, 9.17) is 0 Å². The molecule has 1 aromatic rings. The summed E-state index contributed by atoms with van der Waals surface area (Å²) < 4.78 is 25.3. The number of sulfonamides is 1. The lowest BCUT2D eigenvalue weighted by Gasteiger charge is -2.20. The lowest BCUT2D eigenvalue weighted by molar-refractivity contribution is 0.0788. The highest BCUT2D eigenvalue weighted by Crippen LogP contribution is 2.30. The Morgan fingerprint density at radius 1 is 1.38 bits per heavy atom. The molecule has 0 spiro atoms. The van der Waals surface area contributed by atoms with Gasteiger partial charge in [0.1, 0.15) is 0 Å². The molecule has 21 heavy (non-hydrogen) atoms. The molecule has 1 aliphatic carbocycles. The summed E-state index contributed by atoms with van der Waals surface area (Å²) in [4.78, 5) is 14.1. The zero-order chi connectivity index (χ0) is 15.0. The second kappa shape index (κ2) is 5.33. The number of carbonyl (C=O) groups excluding carboxylic acids is 1. The number of nitrogens with zero attached hydrogens (tertiary/aromatic N) is 2. The molecular formula is C15H20N2O3S. The van der Waals surface area contributed by atoms with Gasteiger partial charge in [0.05, 0.1) is 11.4 Å². The zero-order valence-corrected chi connectivity index (χ0v) is 13.0. The summed E-state index contributed by atoms with van der Waals surface area (Å²) in [6.07, 6.45) is 3.04. The Hall–Kier alpha value is -1.56. The van der Waals surface area contributed by atoms with Crippen molar-refractivity contribution in [2.45, 2.75) is 19.3 Å². The van der Waals surface area contributed by atoms with Gasteiger partial charge in [0.25, 0.3) is 5.91 Å². The van der Waals surface area contributed by atoms with Crippen molar-refractivity contribution in [1.82, 2.24) is 4.90 Å². The van der Waals surface area contributed by atoms with Crippen LogP contribution in [-0.2, 0) is 10.0 Å². The fourth-order valence-corrected chi connectivity index (χ4v) is 4.27. The molecule has 0 atom stereocenters. The molecule has 6 heteroatoms. The van der Waals surface area contributed by atoms with E-state index in [2.05, 4.69) is 0 Å². The van der Waals surface area contributed by atoms with Crippen LogP contribution in [0.25, 0.3) is 0 Å². The molecule has 0 unspecified atom stereocenters. The molecule has 1 saturated heterocycles. The summed E-state index contributed by atoms with van der Waals surface area (Å²) >= 11 is 0. The third kappa shape index (κ3) is 3.05. The van der Waals surface area contributed by atoms with Crippen LogP contribution in [0.15, 0.2) is 24.3 Å². The minimum Gasteiger partial charge on any atom is -0.341 e. The van der Waals surface area contributed by atoms with Crippen LogP contribution in [0.2, 0.25) is 0 Å². The van der Waals surface area contributed by atoms with Crippen LogP contribution in [0.4, 0.5) is 5.69 Å². The van der Waals surface area contributed by atoms with E-state index in [1.165, 1.54) is 17.1 Å². The number of carbonyl (C=O) groups is 1. The van der Waals surface area contributed by atoms with Gasteiger partial charge in [-0.1, -0.05) is 6.07 Å². The molecule has 0 radical (unpaired) electrons. The third-order valence-electron chi connectivity index (χ3n) is 4.06. The Morgan fingerprint density at radius 3 is 2.76 bits per heavy atom. The molecule has 0 aromatic heterocycles. The van der Waals surface area contributed by atoms with E-state index in [0.29, 0.717) is 30.1 Å². The molecular weight excluding hydrogens is 288 g/mol. The molecule has 1 amide bonds. The Balaban J connectivity index is 1.81. The van der Waals surface area contributed by atoms with E-state index in [9.17, 15) is 13.2 Å². The lowest BCUT2D eigenvalue weighted by Crippen LogP contribution is -2.29. The Kier molecular flexibility index (Phi) is 3.65. The molecule has 0 bridgehead atoms. The number of hydrogen-bond donors (Lipinski definition) is 0. The lowest BCUT2D eigenvalue weighted by atomic mass is 10.1. The van der Waals surface area contributed by atoms with Crippen LogP contribution in [0, 0.1) is 5.92 Å². The van der Waals surface area contributed by atoms with Gasteiger partial charge in [-0.3, -0.25) is 9.10 Å². The summed E-state index contributed by atoms with van der Waals surface area (Å²) in [6, 6.07) is 6.94. The van der Waals surface area contributed by atoms with Crippen molar-refractivity contribution in [1.29, 1.82) is 0 Å². The molecule has 1 heterocycles. The van der Waals surface area contributed by atoms with Crippen LogP contribution in [0.3, 0.4) is 0 Å². The number of anilines is 1. The standard InChI is InChI=1S/C15H20N2O3S/c1-16(11-12-6-7-12)15(18)13-4-2-5-14(10-13)17-8-3-9-21(17,19)20/h2,4-5,10,12H,3,6-9,11H2,1H3. The molecule has 2 fully saturated rings. The Bertz CT molecular complexity index is 653. The SMILES string of the molecule is CN(CC1CC1)C(=O)c1cccc(N2CCCS2(=O)=O)c1. The van der Waals surface area contributed by atoms with Gasteiger partial charge >= 0.3 is 0 Å². The first-order chi connectivity index (χ1) is 9.97. The van der Waals surface area contributed by atoms with E-state index in [1.54, 1.807) is 36.2 Å². The average molecular weight is 308 g/mol. The monoisotopic (exact) mass is 308 g/mol. The van der Waals surface area contributed by atoms with Gasteiger partial charge in [-0.15, -0.1) is 0 Å². The highest BCUT2D eigenvalue weighted by Gasteiger charge is 2.29. The fourth-order valence-electron chi connectivity index (χ4n) is 2.71. The third-order valence-corrected chi connectivity index (χ3v) is 5.93. The highest BCUT2D eigenvalue weighted by atomic mass is 32.2. The highest BCUT2D eigenvalue weighted by molar-refractivity contribution is 7.93. The number of benzene rings is 1. The van der Waals surface area contributed by atoms with E-state index in [-0.39, 0.29) is 11.7 Å². The number of amides is 1. The predicted molar refractivity (Wildman–Crippen MR) is 81.9 cm³/mol. The largest absolute Gasteiger partial charge is 0.341 e.